The van der Waals surface area contributed by atoms with Gasteiger partial charge in [-0.2, -0.15) is 0 Å². The van der Waals surface area contributed by atoms with Gasteiger partial charge < -0.3 is 4.74 Å². The van der Waals surface area contributed by atoms with Gasteiger partial charge in [-0.15, -0.1) is 0 Å². The summed E-state index contributed by atoms with van der Waals surface area (Å²) < 4.78 is 5.01. The topological polar surface area (TPSA) is 26.3 Å². The molecule has 0 N–H and O–H groups in total. The molecule has 2 heteroatoms. The summed E-state index contributed by atoms with van der Waals surface area (Å²) in [6.45, 7) is 9.33. The van der Waals surface area contributed by atoms with Gasteiger partial charge in [-0.05, 0) is 19.8 Å². The third-order valence-electron chi connectivity index (χ3n) is 1.60. The van der Waals surface area contributed by atoms with Gasteiger partial charge in [0.25, 0.3) is 0 Å². The largest absolute Gasteiger partial charge is 0.459 e. The molecule has 0 amide bonds. The van der Waals surface area contributed by atoms with E-state index in [9.17, 15) is 4.79 Å². The molecule has 1 atom stereocenters. The summed E-state index contributed by atoms with van der Waals surface area (Å²) >= 11 is 0. The SMILES string of the molecule is C=C(CC)C(=O)OC(C)CC. The highest BCUT2D eigenvalue weighted by atomic mass is 16.5. The number of carbonyl (C=O) groups is 1. The lowest BCUT2D eigenvalue weighted by molar-refractivity contribution is -0.143. The van der Waals surface area contributed by atoms with Crippen molar-refractivity contribution < 1.29 is 9.53 Å². The van der Waals surface area contributed by atoms with Crippen molar-refractivity contribution in [1.82, 2.24) is 0 Å². The van der Waals surface area contributed by atoms with Crippen LogP contribution in [-0.4, -0.2) is 12.1 Å². The van der Waals surface area contributed by atoms with Crippen LogP contribution in [0.25, 0.3) is 0 Å². The summed E-state index contributed by atoms with van der Waals surface area (Å²) in [6.07, 6.45) is 1.52. The molecule has 0 spiro atoms. The quantitative estimate of drug-likeness (QED) is 0.461. The van der Waals surface area contributed by atoms with Crippen LogP contribution in [0.2, 0.25) is 0 Å². The number of ether oxygens (including phenoxy) is 1. The fourth-order valence-corrected chi connectivity index (χ4v) is 0.494. The molecule has 0 fully saturated rings. The molecular formula is C9H16O2. The van der Waals surface area contributed by atoms with E-state index in [1.165, 1.54) is 0 Å². The lowest BCUT2D eigenvalue weighted by Gasteiger charge is -2.10. The Hall–Kier alpha value is -0.790. The van der Waals surface area contributed by atoms with Gasteiger partial charge >= 0.3 is 5.97 Å². The smallest absolute Gasteiger partial charge is 0.333 e. The van der Waals surface area contributed by atoms with Crippen LogP contribution in [0.15, 0.2) is 12.2 Å². The molecule has 0 aliphatic heterocycles. The van der Waals surface area contributed by atoms with E-state index >= 15 is 0 Å². The lowest BCUT2D eigenvalue weighted by Crippen LogP contribution is -2.14. The van der Waals surface area contributed by atoms with E-state index in [4.69, 9.17) is 4.74 Å². The minimum Gasteiger partial charge on any atom is -0.459 e. The number of esters is 1. The fourth-order valence-electron chi connectivity index (χ4n) is 0.494. The molecule has 64 valence electrons. The standard InChI is InChI=1S/C9H16O2/c1-5-7(3)9(10)11-8(4)6-2/h8H,3,5-6H2,1-2,4H3. The molecule has 0 saturated heterocycles. The minimum absolute atomic E-state index is 0.00537. The molecule has 0 saturated carbocycles. The van der Waals surface area contributed by atoms with Crippen LogP contribution < -0.4 is 0 Å². The van der Waals surface area contributed by atoms with Gasteiger partial charge in [0.15, 0.2) is 0 Å². The predicted octanol–water partition coefficient (Wildman–Crippen LogP) is 2.29. The zero-order valence-corrected chi connectivity index (χ0v) is 7.52. The van der Waals surface area contributed by atoms with Gasteiger partial charge in [-0.25, -0.2) is 4.79 Å². The van der Waals surface area contributed by atoms with Crippen molar-refractivity contribution in [3.8, 4) is 0 Å². The number of carbonyl (C=O) groups excluding carboxylic acids is 1. The maximum absolute atomic E-state index is 11.0. The van der Waals surface area contributed by atoms with Crippen LogP contribution in [0, 0.1) is 0 Å². The van der Waals surface area contributed by atoms with Crippen LogP contribution in [0.3, 0.4) is 0 Å². The van der Waals surface area contributed by atoms with E-state index in [1.54, 1.807) is 0 Å². The van der Waals surface area contributed by atoms with Gasteiger partial charge in [0.2, 0.25) is 0 Å². The molecule has 0 heterocycles. The highest BCUT2D eigenvalue weighted by molar-refractivity contribution is 5.87. The molecule has 0 aromatic rings. The molecule has 1 unspecified atom stereocenters. The first-order valence-corrected chi connectivity index (χ1v) is 4.00. The maximum atomic E-state index is 11.0. The Balaban J connectivity index is 3.77. The number of hydrogen-bond donors (Lipinski definition) is 0. The Morgan fingerprint density at radius 2 is 2.09 bits per heavy atom. The molecule has 11 heavy (non-hydrogen) atoms. The lowest BCUT2D eigenvalue weighted by atomic mass is 10.2. The summed E-state index contributed by atoms with van der Waals surface area (Å²) in [4.78, 5) is 11.0. The zero-order chi connectivity index (χ0) is 8.85. The van der Waals surface area contributed by atoms with Crippen LogP contribution >= 0.6 is 0 Å². The van der Waals surface area contributed by atoms with Gasteiger partial charge in [-0.1, -0.05) is 20.4 Å². The van der Waals surface area contributed by atoms with Crippen molar-refractivity contribution in [3.05, 3.63) is 12.2 Å². The third kappa shape index (κ3) is 3.81. The Labute approximate surface area is 68.2 Å². The predicted molar refractivity (Wildman–Crippen MR) is 45.3 cm³/mol. The number of hydrogen-bond acceptors (Lipinski definition) is 2. The van der Waals surface area contributed by atoms with E-state index in [2.05, 4.69) is 6.58 Å². The van der Waals surface area contributed by atoms with Crippen molar-refractivity contribution in [2.24, 2.45) is 0 Å². The van der Waals surface area contributed by atoms with Gasteiger partial charge in [0.1, 0.15) is 0 Å². The summed E-state index contributed by atoms with van der Waals surface area (Å²) in [5.41, 5.74) is 0.547. The minimum atomic E-state index is -0.262. The second-order valence-corrected chi connectivity index (χ2v) is 2.58. The van der Waals surface area contributed by atoms with Gasteiger partial charge in [0.05, 0.1) is 6.10 Å². The molecule has 0 radical (unpaired) electrons. The molecular weight excluding hydrogens is 140 g/mol. The highest BCUT2D eigenvalue weighted by Gasteiger charge is 2.09. The molecule has 0 aliphatic carbocycles. The van der Waals surface area contributed by atoms with Crippen molar-refractivity contribution in [2.45, 2.75) is 39.7 Å². The van der Waals surface area contributed by atoms with Crippen molar-refractivity contribution in [2.75, 3.05) is 0 Å². The second-order valence-electron chi connectivity index (χ2n) is 2.58. The van der Waals surface area contributed by atoms with Crippen LogP contribution in [0.5, 0.6) is 0 Å². The van der Waals surface area contributed by atoms with Crippen molar-refractivity contribution >= 4 is 5.97 Å². The average molecular weight is 156 g/mol. The first kappa shape index (κ1) is 10.2. The molecule has 2 nitrogen and oxygen atoms in total. The Kier molecular flexibility index (Phi) is 4.59. The summed E-state index contributed by atoms with van der Waals surface area (Å²) in [7, 11) is 0. The van der Waals surface area contributed by atoms with E-state index in [0.717, 1.165) is 6.42 Å². The van der Waals surface area contributed by atoms with E-state index in [0.29, 0.717) is 12.0 Å². The van der Waals surface area contributed by atoms with Crippen LogP contribution in [0.4, 0.5) is 0 Å². The maximum Gasteiger partial charge on any atom is 0.333 e. The van der Waals surface area contributed by atoms with Gasteiger partial charge in [-0.3, -0.25) is 0 Å². The molecule has 0 aromatic heterocycles. The molecule has 0 bridgehead atoms. The molecule has 0 rings (SSSR count). The highest BCUT2D eigenvalue weighted by Crippen LogP contribution is 2.04. The Morgan fingerprint density at radius 3 is 2.45 bits per heavy atom. The molecule has 0 aliphatic rings. The van der Waals surface area contributed by atoms with E-state index < -0.39 is 0 Å². The first-order valence-electron chi connectivity index (χ1n) is 4.00. The van der Waals surface area contributed by atoms with E-state index in [1.807, 2.05) is 20.8 Å². The summed E-state index contributed by atoms with van der Waals surface area (Å²) in [5, 5.41) is 0. The monoisotopic (exact) mass is 156 g/mol. The molecule has 0 aromatic carbocycles. The summed E-state index contributed by atoms with van der Waals surface area (Å²) in [6, 6.07) is 0. The Bertz CT molecular complexity index is 150. The third-order valence-corrected chi connectivity index (χ3v) is 1.60. The van der Waals surface area contributed by atoms with Crippen molar-refractivity contribution in [1.29, 1.82) is 0 Å². The Morgan fingerprint density at radius 1 is 1.55 bits per heavy atom. The van der Waals surface area contributed by atoms with Gasteiger partial charge in [0, 0.05) is 5.57 Å². The average Bonchev–Trinajstić information content (AvgIpc) is 2.02. The fraction of sp³-hybridized carbons (Fsp3) is 0.667. The zero-order valence-electron chi connectivity index (χ0n) is 7.52. The van der Waals surface area contributed by atoms with Crippen molar-refractivity contribution in [3.63, 3.8) is 0 Å². The van der Waals surface area contributed by atoms with Crippen LogP contribution in [-0.2, 0) is 9.53 Å². The summed E-state index contributed by atoms with van der Waals surface area (Å²) in [5.74, 6) is -0.262. The van der Waals surface area contributed by atoms with Crippen LogP contribution in [0.1, 0.15) is 33.6 Å². The second kappa shape index (κ2) is 4.94. The number of rotatable bonds is 4. The van der Waals surface area contributed by atoms with E-state index in [-0.39, 0.29) is 12.1 Å². The normalized spacial score (nSPS) is 12.3. The first-order chi connectivity index (χ1) is 5.11.